The molecule has 182 valence electrons. The van der Waals surface area contributed by atoms with E-state index in [1.165, 1.54) is 0 Å². The molecule has 0 aromatic heterocycles. The summed E-state index contributed by atoms with van der Waals surface area (Å²) in [5.74, 6) is 1.07. The largest absolute Gasteiger partial charge is 0.490 e. The fourth-order valence-electron chi connectivity index (χ4n) is 5.24. The van der Waals surface area contributed by atoms with E-state index in [0.717, 1.165) is 68.3 Å². The summed E-state index contributed by atoms with van der Waals surface area (Å²) in [4.78, 5) is 26.3. The maximum Gasteiger partial charge on any atom is 0.175 e. The number of ketones is 2. The third-order valence-corrected chi connectivity index (χ3v) is 8.15. The number of nitrogens with one attached hydrogen (secondary N) is 1. The smallest absolute Gasteiger partial charge is 0.175 e. The fraction of sp³-hybridized carbons (Fsp3) is 0.357. The highest BCUT2D eigenvalue weighted by molar-refractivity contribution is 9.10. The van der Waals surface area contributed by atoms with Crippen LogP contribution in [0.3, 0.4) is 0 Å². The van der Waals surface area contributed by atoms with Crippen LogP contribution in [-0.2, 0) is 16.2 Å². The van der Waals surface area contributed by atoms with Crippen molar-refractivity contribution < 1.29 is 19.1 Å². The number of carbonyl (C=O) groups excluding carboxylic acids is 2. The topological polar surface area (TPSA) is 64.6 Å². The molecule has 1 aliphatic heterocycles. The minimum Gasteiger partial charge on any atom is -0.490 e. The van der Waals surface area contributed by atoms with E-state index in [1.807, 2.05) is 43.3 Å². The molecular weight excluding hydrogens is 574 g/mol. The zero-order chi connectivity index (χ0) is 24.5. The zero-order valence-electron chi connectivity index (χ0n) is 19.6. The number of dihydropyridines is 1. The Labute approximate surface area is 222 Å². The Hall–Kier alpha value is -2.38. The highest BCUT2D eigenvalue weighted by atomic mass is 79.9. The van der Waals surface area contributed by atoms with Crippen molar-refractivity contribution in [1.29, 1.82) is 0 Å². The first-order valence-electron chi connectivity index (χ1n) is 12.1. The molecule has 35 heavy (non-hydrogen) atoms. The van der Waals surface area contributed by atoms with Crippen molar-refractivity contribution in [3.05, 3.63) is 79.0 Å². The van der Waals surface area contributed by atoms with E-state index in [1.54, 1.807) is 0 Å². The van der Waals surface area contributed by atoms with Crippen LogP contribution in [0, 0.1) is 0 Å². The Morgan fingerprint density at radius 3 is 2.17 bits per heavy atom. The first kappa shape index (κ1) is 24.3. The number of Topliss-reactive ketones (excluding diaryl/α,β-unsaturated/α-hetero) is 2. The summed E-state index contributed by atoms with van der Waals surface area (Å²) in [5.41, 5.74) is 5.32. The summed E-state index contributed by atoms with van der Waals surface area (Å²) in [6.07, 6.45) is 4.36. The van der Waals surface area contributed by atoms with Crippen LogP contribution in [-0.4, -0.2) is 18.2 Å². The van der Waals surface area contributed by atoms with Gasteiger partial charge >= 0.3 is 0 Å². The maximum atomic E-state index is 13.1. The molecule has 0 saturated carbocycles. The van der Waals surface area contributed by atoms with Gasteiger partial charge in [-0.25, -0.2) is 0 Å². The van der Waals surface area contributed by atoms with Crippen molar-refractivity contribution in [2.75, 3.05) is 6.61 Å². The molecule has 2 aromatic rings. The number of ether oxygens (including phenoxy) is 2. The number of benzene rings is 2. The molecule has 2 aliphatic carbocycles. The molecule has 5 nitrogen and oxygen atoms in total. The van der Waals surface area contributed by atoms with E-state index in [2.05, 4.69) is 37.2 Å². The van der Waals surface area contributed by atoms with Crippen LogP contribution in [0.2, 0.25) is 0 Å². The molecule has 0 fully saturated rings. The second kappa shape index (κ2) is 10.3. The molecule has 2 aromatic carbocycles. The van der Waals surface area contributed by atoms with Crippen LogP contribution in [0.1, 0.15) is 62.5 Å². The second-order valence-corrected chi connectivity index (χ2v) is 10.7. The standard InChI is InChI=1S/C28H27Br2NO4/c1-2-34-24-14-17(13-19(30)28(24)35-15-16-7-3-4-8-18(16)29)25-26-20(9-5-11-22(26)32)31-21-10-6-12-23(33)27(21)25/h3-4,7-8,13-14,25,31H,2,5-6,9-12,15H2,1H3. The summed E-state index contributed by atoms with van der Waals surface area (Å²) >= 11 is 7.27. The summed E-state index contributed by atoms with van der Waals surface area (Å²) < 4.78 is 13.9. The third-order valence-electron chi connectivity index (χ3n) is 6.79. The Balaban J connectivity index is 1.58. The van der Waals surface area contributed by atoms with Crippen LogP contribution in [0.15, 0.2) is 67.9 Å². The molecule has 7 heteroatoms. The number of hydrogen-bond donors (Lipinski definition) is 1. The predicted octanol–water partition coefficient (Wildman–Crippen LogP) is 6.89. The van der Waals surface area contributed by atoms with Crippen molar-refractivity contribution in [2.45, 2.75) is 58.0 Å². The van der Waals surface area contributed by atoms with Crippen LogP contribution in [0.5, 0.6) is 11.5 Å². The SMILES string of the molecule is CCOc1cc(C2C3=C(CCCC3=O)NC3=C2C(=O)CCC3)cc(Br)c1OCc1ccccc1Br. The number of allylic oxidation sites excluding steroid dienone is 4. The first-order chi connectivity index (χ1) is 17.0. The van der Waals surface area contributed by atoms with E-state index < -0.39 is 0 Å². The molecule has 0 bridgehead atoms. The molecule has 0 amide bonds. The number of rotatable bonds is 6. The average molecular weight is 601 g/mol. The molecule has 3 aliphatic rings. The molecule has 0 unspecified atom stereocenters. The number of halogens is 2. The lowest BCUT2D eigenvalue weighted by Crippen LogP contribution is -2.36. The van der Waals surface area contributed by atoms with E-state index >= 15 is 0 Å². The molecule has 0 radical (unpaired) electrons. The van der Waals surface area contributed by atoms with Crippen molar-refractivity contribution in [1.82, 2.24) is 5.32 Å². The Kier molecular flexibility index (Phi) is 7.17. The summed E-state index contributed by atoms with van der Waals surface area (Å²) in [5, 5.41) is 3.47. The normalized spacial score (nSPS) is 18.3. The molecule has 5 rings (SSSR count). The van der Waals surface area contributed by atoms with Gasteiger partial charge in [0.1, 0.15) is 6.61 Å². The zero-order valence-corrected chi connectivity index (χ0v) is 22.8. The highest BCUT2D eigenvalue weighted by Gasteiger charge is 2.40. The average Bonchev–Trinajstić information content (AvgIpc) is 2.84. The van der Waals surface area contributed by atoms with Crippen LogP contribution in [0.25, 0.3) is 0 Å². The van der Waals surface area contributed by atoms with Gasteiger partial charge in [0, 0.05) is 51.3 Å². The van der Waals surface area contributed by atoms with Crippen LogP contribution < -0.4 is 14.8 Å². The minimum absolute atomic E-state index is 0.122. The molecule has 0 saturated heterocycles. The Bertz CT molecular complexity index is 1220. The van der Waals surface area contributed by atoms with E-state index in [0.29, 0.717) is 37.6 Å². The van der Waals surface area contributed by atoms with Gasteiger partial charge in [0.15, 0.2) is 23.1 Å². The Morgan fingerprint density at radius 2 is 1.54 bits per heavy atom. The van der Waals surface area contributed by atoms with E-state index in [9.17, 15) is 9.59 Å². The second-order valence-electron chi connectivity index (χ2n) is 9.04. The predicted molar refractivity (Wildman–Crippen MR) is 141 cm³/mol. The lowest BCUT2D eigenvalue weighted by Gasteiger charge is -2.37. The Morgan fingerprint density at radius 1 is 0.886 bits per heavy atom. The van der Waals surface area contributed by atoms with E-state index in [-0.39, 0.29) is 17.5 Å². The fourth-order valence-corrected chi connectivity index (χ4v) is 6.21. The van der Waals surface area contributed by atoms with Gasteiger partial charge in [0.2, 0.25) is 0 Å². The van der Waals surface area contributed by atoms with Gasteiger partial charge in [-0.05, 0) is 72.3 Å². The monoisotopic (exact) mass is 599 g/mol. The lowest BCUT2D eigenvalue weighted by atomic mass is 9.71. The van der Waals surface area contributed by atoms with Crippen molar-refractivity contribution in [3.8, 4) is 11.5 Å². The molecule has 1 heterocycles. The van der Waals surface area contributed by atoms with Crippen molar-refractivity contribution in [3.63, 3.8) is 0 Å². The quantitative estimate of drug-likeness (QED) is 0.391. The minimum atomic E-state index is -0.380. The molecule has 0 atom stereocenters. The van der Waals surface area contributed by atoms with E-state index in [4.69, 9.17) is 9.47 Å². The van der Waals surface area contributed by atoms with Gasteiger partial charge in [0.05, 0.1) is 11.1 Å². The van der Waals surface area contributed by atoms with Gasteiger partial charge in [0.25, 0.3) is 0 Å². The lowest BCUT2D eigenvalue weighted by molar-refractivity contribution is -0.116. The summed E-state index contributed by atoms with van der Waals surface area (Å²) in [7, 11) is 0. The molecule has 1 N–H and O–H groups in total. The maximum absolute atomic E-state index is 13.1. The third kappa shape index (κ3) is 4.73. The number of hydrogen-bond acceptors (Lipinski definition) is 5. The summed E-state index contributed by atoms with van der Waals surface area (Å²) in [6.45, 7) is 2.76. The molecular formula is C28H27Br2NO4. The van der Waals surface area contributed by atoms with Gasteiger partial charge in [-0.2, -0.15) is 0 Å². The van der Waals surface area contributed by atoms with Crippen molar-refractivity contribution >= 4 is 43.4 Å². The van der Waals surface area contributed by atoms with Crippen molar-refractivity contribution in [2.24, 2.45) is 0 Å². The summed E-state index contributed by atoms with van der Waals surface area (Å²) in [6, 6.07) is 11.9. The molecule has 0 spiro atoms. The highest BCUT2D eigenvalue weighted by Crippen LogP contribution is 2.48. The number of carbonyl (C=O) groups is 2. The van der Waals surface area contributed by atoms with Gasteiger partial charge in [-0.15, -0.1) is 0 Å². The van der Waals surface area contributed by atoms with Crippen LogP contribution >= 0.6 is 31.9 Å². The first-order valence-corrected chi connectivity index (χ1v) is 13.7. The van der Waals surface area contributed by atoms with Gasteiger partial charge < -0.3 is 14.8 Å². The van der Waals surface area contributed by atoms with Gasteiger partial charge in [-0.3, -0.25) is 9.59 Å². The van der Waals surface area contributed by atoms with Gasteiger partial charge in [-0.1, -0.05) is 34.1 Å². The van der Waals surface area contributed by atoms with Crippen LogP contribution in [0.4, 0.5) is 0 Å².